The second-order valence-electron chi connectivity index (χ2n) is 5.16. The zero-order valence-corrected chi connectivity index (χ0v) is 12.4. The van der Waals surface area contributed by atoms with Crippen LogP contribution in [0.4, 0.5) is 0 Å². The number of carbonyl (C=O) groups excluding carboxylic acids is 1. The Morgan fingerprint density at radius 3 is 2.67 bits per heavy atom. The number of halogens is 1. The van der Waals surface area contributed by atoms with Gasteiger partial charge < -0.3 is 5.32 Å². The highest BCUT2D eigenvalue weighted by molar-refractivity contribution is 9.10. The van der Waals surface area contributed by atoms with Gasteiger partial charge in [-0.15, -0.1) is 0 Å². The van der Waals surface area contributed by atoms with Gasteiger partial charge in [0.15, 0.2) is 0 Å². The van der Waals surface area contributed by atoms with E-state index < -0.39 is 0 Å². The molecule has 1 N–H and O–H groups in total. The average Bonchev–Trinajstić information content (AvgIpc) is 3.13. The van der Waals surface area contributed by atoms with Gasteiger partial charge in [-0.25, -0.2) is 0 Å². The van der Waals surface area contributed by atoms with Crippen molar-refractivity contribution in [1.82, 2.24) is 5.32 Å². The van der Waals surface area contributed by atoms with Crippen LogP contribution >= 0.6 is 15.9 Å². The van der Waals surface area contributed by atoms with Crippen molar-refractivity contribution in [3.8, 4) is 0 Å². The van der Waals surface area contributed by atoms with E-state index in [9.17, 15) is 4.79 Å². The molecule has 1 aliphatic rings. The van der Waals surface area contributed by atoms with Gasteiger partial charge >= 0.3 is 0 Å². The zero-order valence-electron chi connectivity index (χ0n) is 10.8. The fourth-order valence-electron chi connectivity index (χ4n) is 2.04. The van der Waals surface area contributed by atoms with E-state index >= 15 is 0 Å². The summed E-state index contributed by atoms with van der Waals surface area (Å²) in [5.74, 6) is 1.12. The number of nitrogens with one attached hydrogen (secondary N) is 1. The maximum absolute atomic E-state index is 11.6. The number of benzene rings is 1. The summed E-state index contributed by atoms with van der Waals surface area (Å²) in [6.07, 6.45) is 3.98. The van der Waals surface area contributed by atoms with Gasteiger partial charge in [0, 0.05) is 29.9 Å². The smallest absolute Gasteiger partial charge is 0.134 e. The fraction of sp³-hybridized carbons (Fsp3) is 0.533. The molecule has 1 fully saturated rings. The van der Waals surface area contributed by atoms with E-state index in [0.717, 1.165) is 17.4 Å². The van der Waals surface area contributed by atoms with E-state index in [2.05, 4.69) is 40.3 Å². The summed E-state index contributed by atoms with van der Waals surface area (Å²) in [6.45, 7) is 2.91. The Hall–Kier alpha value is -0.670. The maximum atomic E-state index is 11.6. The van der Waals surface area contributed by atoms with Crippen molar-refractivity contribution in [3.05, 3.63) is 34.3 Å². The van der Waals surface area contributed by atoms with Gasteiger partial charge in [-0.3, -0.25) is 4.79 Å². The van der Waals surface area contributed by atoms with E-state index in [-0.39, 0.29) is 0 Å². The summed E-state index contributed by atoms with van der Waals surface area (Å²) in [7, 11) is 0. The lowest BCUT2D eigenvalue weighted by molar-refractivity contribution is -0.119. The van der Waals surface area contributed by atoms with Crippen LogP contribution in [0.15, 0.2) is 28.7 Å². The molecule has 0 amide bonds. The fourth-order valence-corrected chi connectivity index (χ4v) is 2.31. The summed E-state index contributed by atoms with van der Waals surface area (Å²) in [4.78, 5) is 11.6. The Balaban J connectivity index is 1.68. The molecule has 0 radical (unpaired) electrons. The normalized spacial score (nSPS) is 16.6. The summed E-state index contributed by atoms with van der Waals surface area (Å²) < 4.78 is 1.10. The van der Waals surface area contributed by atoms with E-state index in [4.69, 9.17) is 0 Å². The summed E-state index contributed by atoms with van der Waals surface area (Å²) in [5, 5.41) is 3.41. The molecule has 0 spiro atoms. The topological polar surface area (TPSA) is 29.1 Å². The quantitative estimate of drug-likeness (QED) is 0.828. The third-order valence-corrected chi connectivity index (χ3v) is 3.97. The van der Waals surface area contributed by atoms with Gasteiger partial charge in [-0.1, -0.05) is 28.1 Å². The molecule has 3 heteroatoms. The van der Waals surface area contributed by atoms with Crippen LogP contribution in [0.25, 0.3) is 0 Å². The van der Waals surface area contributed by atoms with Crippen molar-refractivity contribution in [2.24, 2.45) is 5.92 Å². The first kappa shape index (κ1) is 13.8. The van der Waals surface area contributed by atoms with E-state index in [1.54, 1.807) is 0 Å². The highest BCUT2D eigenvalue weighted by Gasteiger charge is 2.23. The summed E-state index contributed by atoms with van der Waals surface area (Å²) in [6, 6.07) is 8.60. The first-order chi connectivity index (χ1) is 8.65. The van der Waals surface area contributed by atoms with Crippen molar-refractivity contribution in [1.29, 1.82) is 0 Å². The molecule has 0 bridgehead atoms. The van der Waals surface area contributed by atoms with Crippen molar-refractivity contribution < 1.29 is 4.79 Å². The van der Waals surface area contributed by atoms with Gasteiger partial charge in [0.25, 0.3) is 0 Å². The van der Waals surface area contributed by atoms with Crippen LogP contribution in [0, 0.1) is 5.92 Å². The largest absolute Gasteiger partial charge is 0.310 e. The molecule has 0 aliphatic heterocycles. The van der Waals surface area contributed by atoms with Crippen molar-refractivity contribution in [3.63, 3.8) is 0 Å². The standard InChI is InChI=1S/C15H20BrNO/c1-11(13-4-6-14(16)7-5-13)17-9-8-15(18)10-12-2-3-12/h4-7,11-12,17H,2-3,8-10H2,1H3/t11-/m0/s1. The second-order valence-corrected chi connectivity index (χ2v) is 6.08. The first-order valence-electron chi connectivity index (χ1n) is 6.65. The molecule has 18 heavy (non-hydrogen) atoms. The predicted molar refractivity (Wildman–Crippen MR) is 77.5 cm³/mol. The maximum Gasteiger partial charge on any atom is 0.134 e. The second kappa shape index (κ2) is 6.48. The third kappa shape index (κ3) is 4.54. The van der Waals surface area contributed by atoms with Gasteiger partial charge in [-0.05, 0) is 43.4 Å². The minimum absolute atomic E-state index is 0.298. The van der Waals surface area contributed by atoms with E-state index in [1.807, 2.05) is 12.1 Å². The van der Waals surface area contributed by atoms with Crippen molar-refractivity contribution in [2.75, 3.05) is 6.54 Å². The van der Waals surface area contributed by atoms with Crippen LogP contribution in [0.5, 0.6) is 0 Å². The number of hydrogen-bond acceptors (Lipinski definition) is 2. The van der Waals surface area contributed by atoms with Crippen LogP contribution in [-0.2, 0) is 4.79 Å². The number of Topliss-reactive ketones (excluding diaryl/α,β-unsaturated/α-hetero) is 1. The van der Waals surface area contributed by atoms with Gasteiger partial charge in [0.2, 0.25) is 0 Å². The Kier molecular flexibility index (Phi) is 4.95. The van der Waals surface area contributed by atoms with Gasteiger partial charge in [0.05, 0.1) is 0 Å². The van der Waals surface area contributed by atoms with Crippen LogP contribution in [-0.4, -0.2) is 12.3 Å². The molecule has 1 atom stereocenters. The Morgan fingerprint density at radius 2 is 2.06 bits per heavy atom. The lowest BCUT2D eigenvalue weighted by atomic mass is 10.1. The molecular formula is C15H20BrNO. The lowest BCUT2D eigenvalue weighted by Crippen LogP contribution is -2.22. The summed E-state index contributed by atoms with van der Waals surface area (Å²) >= 11 is 3.43. The number of carbonyl (C=O) groups is 1. The highest BCUT2D eigenvalue weighted by Crippen LogP contribution is 2.32. The summed E-state index contributed by atoms with van der Waals surface area (Å²) in [5.41, 5.74) is 1.26. The lowest BCUT2D eigenvalue weighted by Gasteiger charge is -2.14. The van der Waals surface area contributed by atoms with E-state index in [1.165, 1.54) is 18.4 Å². The molecule has 0 aromatic heterocycles. The highest BCUT2D eigenvalue weighted by atomic mass is 79.9. The molecule has 2 rings (SSSR count). The number of ketones is 1. The molecule has 2 nitrogen and oxygen atoms in total. The molecule has 98 valence electrons. The molecule has 1 aromatic carbocycles. The Bertz CT molecular complexity index is 397. The SMILES string of the molecule is C[C@H](NCCC(=O)CC1CC1)c1ccc(Br)cc1. The van der Waals surface area contributed by atoms with Crippen LogP contribution < -0.4 is 5.32 Å². The molecule has 0 unspecified atom stereocenters. The van der Waals surface area contributed by atoms with Crippen molar-refractivity contribution in [2.45, 2.75) is 38.6 Å². The van der Waals surface area contributed by atoms with Crippen LogP contribution in [0.1, 0.15) is 44.2 Å². The predicted octanol–water partition coefficient (Wildman–Crippen LogP) is 3.86. The average molecular weight is 310 g/mol. The molecule has 0 saturated heterocycles. The van der Waals surface area contributed by atoms with Crippen LogP contribution in [0.2, 0.25) is 0 Å². The Morgan fingerprint density at radius 1 is 1.39 bits per heavy atom. The number of rotatable bonds is 7. The van der Waals surface area contributed by atoms with E-state index in [0.29, 0.717) is 24.2 Å². The minimum atomic E-state index is 0.298. The zero-order chi connectivity index (χ0) is 13.0. The third-order valence-electron chi connectivity index (χ3n) is 3.44. The van der Waals surface area contributed by atoms with Crippen LogP contribution in [0.3, 0.4) is 0 Å². The monoisotopic (exact) mass is 309 g/mol. The Labute approximate surface area is 117 Å². The molecule has 1 saturated carbocycles. The number of hydrogen-bond donors (Lipinski definition) is 1. The van der Waals surface area contributed by atoms with Crippen molar-refractivity contribution >= 4 is 21.7 Å². The van der Waals surface area contributed by atoms with Gasteiger partial charge in [-0.2, -0.15) is 0 Å². The first-order valence-corrected chi connectivity index (χ1v) is 7.45. The molecule has 0 heterocycles. The molecular weight excluding hydrogens is 290 g/mol. The molecule has 1 aliphatic carbocycles. The minimum Gasteiger partial charge on any atom is -0.310 e. The van der Waals surface area contributed by atoms with Gasteiger partial charge in [0.1, 0.15) is 5.78 Å². The molecule has 1 aromatic rings.